The van der Waals surface area contributed by atoms with Crippen molar-refractivity contribution in [1.82, 2.24) is 14.3 Å². The molecule has 0 saturated carbocycles. The van der Waals surface area contributed by atoms with Crippen LogP contribution in [-0.4, -0.2) is 33.3 Å². The Morgan fingerprint density at radius 2 is 1.76 bits per heavy atom. The second-order valence-corrected chi connectivity index (χ2v) is 7.96. The molecular weight excluding hydrogens is 330 g/mol. The maximum absolute atomic E-state index is 13.1. The molecule has 138 valence electrons. The van der Waals surface area contributed by atoms with Gasteiger partial charge in [-0.05, 0) is 43.2 Å². The first-order valence-corrected chi connectivity index (χ1v) is 9.77. The van der Waals surface area contributed by atoms with E-state index in [2.05, 4.69) is 52.2 Å². The molecular formula is C20H31N3OS. The van der Waals surface area contributed by atoms with E-state index in [1.54, 1.807) is 0 Å². The Morgan fingerprint density at radius 3 is 2.28 bits per heavy atom. The van der Waals surface area contributed by atoms with Crippen LogP contribution in [0.15, 0.2) is 23.4 Å². The first-order chi connectivity index (χ1) is 11.8. The molecule has 0 saturated heterocycles. The van der Waals surface area contributed by atoms with Crippen molar-refractivity contribution in [3.05, 3.63) is 29.6 Å². The van der Waals surface area contributed by atoms with Gasteiger partial charge in [0.1, 0.15) is 10.7 Å². The molecule has 0 spiro atoms. The van der Waals surface area contributed by atoms with E-state index in [9.17, 15) is 4.79 Å². The summed E-state index contributed by atoms with van der Waals surface area (Å²) in [6, 6.07) is 3.80. The van der Waals surface area contributed by atoms with E-state index in [1.165, 1.54) is 0 Å². The zero-order chi connectivity index (χ0) is 18.6. The zero-order valence-corrected chi connectivity index (χ0v) is 17.0. The summed E-state index contributed by atoms with van der Waals surface area (Å²) in [5, 5.41) is 0.739. The molecule has 2 heterocycles. The van der Waals surface area contributed by atoms with Gasteiger partial charge in [0.2, 0.25) is 0 Å². The lowest BCUT2D eigenvalue weighted by Crippen LogP contribution is -2.34. The van der Waals surface area contributed by atoms with Gasteiger partial charge in [-0.1, -0.05) is 34.6 Å². The minimum Gasteiger partial charge on any atom is -0.339 e. The van der Waals surface area contributed by atoms with Crippen LogP contribution in [0.3, 0.4) is 0 Å². The van der Waals surface area contributed by atoms with Gasteiger partial charge in [-0.3, -0.25) is 4.79 Å². The second kappa shape index (κ2) is 8.75. The lowest BCUT2D eigenvalue weighted by atomic mass is 10.1. The van der Waals surface area contributed by atoms with Crippen LogP contribution in [0.1, 0.15) is 63.5 Å². The number of imidazole rings is 1. The van der Waals surface area contributed by atoms with Crippen LogP contribution in [0.5, 0.6) is 0 Å². The van der Waals surface area contributed by atoms with Crippen molar-refractivity contribution in [3.63, 3.8) is 0 Å². The van der Waals surface area contributed by atoms with Crippen molar-refractivity contribution in [2.45, 2.75) is 58.9 Å². The first kappa shape index (κ1) is 19.8. The minimum atomic E-state index is 0.111. The molecule has 5 heteroatoms. The predicted octanol–water partition coefficient (Wildman–Crippen LogP) is 4.72. The van der Waals surface area contributed by atoms with Crippen LogP contribution in [0.25, 0.3) is 5.65 Å². The Kier molecular flexibility index (Phi) is 6.94. The Labute approximate surface area is 157 Å². The van der Waals surface area contributed by atoms with E-state index >= 15 is 0 Å². The number of pyridine rings is 1. The maximum Gasteiger partial charge on any atom is 0.255 e. The number of fused-ring (bicyclic) bond motifs is 1. The summed E-state index contributed by atoms with van der Waals surface area (Å²) in [4.78, 5) is 19.5. The highest BCUT2D eigenvalue weighted by atomic mass is 32.1. The number of nitrogens with zero attached hydrogens (tertiary/aromatic N) is 3. The highest BCUT2D eigenvalue weighted by molar-refractivity contribution is 7.80. The van der Waals surface area contributed by atoms with Crippen LogP contribution >= 0.6 is 12.6 Å². The monoisotopic (exact) mass is 361 g/mol. The second-order valence-electron chi connectivity index (χ2n) is 7.54. The molecule has 0 aromatic carbocycles. The molecule has 0 aliphatic carbocycles. The summed E-state index contributed by atoms with van der Waals surface area (Å²) in [5.41, 5.74) is 2.61. The third-order valence-corrected chi connectivity index (χ3v) is 4.88. The first-order valence-electron chi connectivity index (χ1n) is 9.32. The fourth-order valence-electron chi connectivity index (χ4n) is 2.86. The molecule has 0 fully saturated rings. The van der Waals surface area contributed by atoms with Gasteiger partial charge in [0.25, 0.3) is 5.91 Å². The molecule has 2 aromatic heterocycles. The summed E-state index contributed by atoms with van der Waals surface area (Å²) in [5.74, 6) is 1.28. The number of hydrogen-bond acceptors (Lipinski definition) is 3. The van der Waals surface area contributed by atoms with Gasteiger partial charge in [0, 0.05) is 19.3 Å². The molecule has 4 nitrogen and oxygen atoms in total. The average molecular weight is 362 g/mol. The molecule has 0 radical (unpaired) electrons. The van der Waals surface area contributed by atoms with Crippen molar-refractivity contribution in [3.8, 4) is 0 Å². The summed E-state index contributed by atoms with van der Waals surface area (Å²) < 4.78 is 2.00. The Bertz CT molecular complexity index is 709. The summed E-state index contributed by atoms with van der Waals surface area (Å²) >= 11 is 4.45. The molecule has 0 unspecified atom stereocenters. The molecule has 0 atom stereocenters. The molecule has 0 aliphatic rings. The molecule has 2 rings (SSSR count). The Hall–Kier alpha value is -1.49. The SMILES string of the molecule is CCc1c(S)nc2ccc(C(=O)N(CCC(C)C)CCC(C)C)cn12. The summed E-state index contributed by atoms with van der Waals surface area (Å²) in [7, 11) is 0. The fraction of sp³-hybridized carbons (Fsp3) is 0.600. The number of amides is 1. The lowest BCUT2D eigenvalue weighted by Gasteiger charge is -2.24. The molecule has 1 amide bonds. The van der Waals surface area contributed by atoms with E-state index in [0.717, 1.165) is 54.3 Å². The van der Waals surface area contributed by atoms with Gasteiger partial charge >= 0.3 is 0 Å². The quantitative estimate of drug-likeness (QED) is 0.691. The minimum absolute atomic E-state index is 0.111. The highest BCUT2D eigenvalue weighted by Crippen LogP contribution is 2.19. The molecule has 0 bridgehead atoms. The predicted molar refractivity (Wildman–Crippen MR) is 107 cm³/mol. The van der Waals surface area contributed by atoms with Gasteiger partial charge < -0.3 is 9.30 Å². The van der Waals surface area contributed by atoms with Crippen LogP contribution < -0.4 is 0 Å². The zero-order valence-electron chi connectivity index (χ0n) is 16.1. The van der Waals surface area contributed by atoms with Crippen molar-refractivity contribution < 1.29 is 4.79 Å². The standard InChI is InChI=1S/C20H31N3OS/c1-6-17-19(25)21-18-8-7-16(13-23(17)18)20(24)22(11-9-14(2)3)12-10-15(4)5/h7-8,13-15,25H,6,9-12H2,1-5H3. The third-order valence-electron chi connectivity index (χ3n) is 4.52. The molecule has 0 aliphatic heterocycles. The number of carbonyl (C=O) groups excluding carboxylic acids is 1. The van der Waals surface area contributed by atoms with E-state index in [4.69, 9.17) is 0 Å². The van der Waals surface area contributed by atoms with Crippen molar-refractivity contribution in [1.29, 1.82) is 0 Å². The number of rotatable bonds is 8. The largest absolute Gasteiger partial charge is 0.339 e. The van der Waals surface area contributed by atoms with Gasteiger partial charge in [-0.25, -0.2) is 4.98 Å². The van der Waals surface area contributed by atoms with Crippen LogP contribution in [-0.2, 0) is 6.42 Å². The smallest absolute Gasteiger partial charge is 0.255 e. The topological polar surface area (TPSA) is 37.6 Å². The van der Waals surface area contributed by atoms with Gasteiger partial charge in [0.05, 0.1) is 11.3 Å². The van der Waals surface area contributed by atoms with Crippen LogP contribution in [0.2, 0.25) is 0 Å². The van der Waals surface area contributed by atoms with Crippen molar-refractivity contribution in [2.24, 2.45) is 11.8 Å². The number of aryl methyl sites for hydroxylation is 1. The van der Waals surface area contributed by atoms with E-state index in [1.807, 2.05) is 27.6 Å². The van der Waals surface area contributed by atoms with Gasteiger partial charge in [-0.2, -0.15) is 0 Å². The third kappa shape index (κ3) is 5.00. The van der Waals surface area contributed by atoms with Gasteiger partial charge in [0.15, 0.2) is 0 Å². The van der Waals surface area contributed by atoms with Crippen LogP contribution in [0, 0.1) is 11.8 Å². The van der Waals surface area contributed by atoms with Crippen molar-refractivity contribution >= 4 is 24.2 Å². The summed E-state index contributed by atoms with van der Waals surface area (Å²) in [6.07, 6.45) is 4.80. The fourth-order valence-corrected chi connectivity index (χ4v) is 3.23. The number of hydrogen-bond donors (Lipinski definition) is 1. The Balaban J connectivity index is 2.28. The molecule has 0 N–H and O–H groups in total. The molecule has 2 aromatic rings. The van der Waals surface area contributed by atoms with Crippen molar-refractivity contribution in [2.75, 3.05) is 13.1 Å². The molecule has 25 heavy (non-hydrogen) atoms. The number of thiol groups is 1. The van der Waals surface area contributed by atoms with E-state index in [-0.39, 0.29) is 5.91 Å². The van der Waals surface area contributed by atoms with Crippen LogP contribution in [0.4, 0.5) is 0 Å². The number of carbonyl (C=O) groups is 1. The van der Waals surface area contributed by atoms with E-state index in [0.29, 0.717) is 11.8 Å². The lowest BCUT2D eigenvalue weighted by molar-refractivity contribution is 0.0740. The van der Waals surface area contributed by atoms with E-state index < -0.39 is 0 Å². The normalized spacial score (nSPS) is 11.7. The number of aromatic nitrogens is 2. The average Bonchev–Trinajstić information content (AvgIpc) is 2.87. The highest BCUT2D eigenvalue weighted by Gasteiger charge is 2.18. The van der Waals surface area contributed by atoms with Gasteiger partial charge in [-0.15, -0.1) is 12.6 Å². The Morgan fingerprint density at radius 1 is 1.16 bits per heavy atom. The summed E-state index contributed by atoms with van der Waals surface area (Å²) in [6.45, 7) is 12.5. The maximum atomic E-state index is 13.1.